The molecule has 31 heavy (non-hydrogen) atoms. The van der Waals surface area contributed by atoms with Crippen molar-refractivity contribution >= 4 is 11.0 Å². The second-order valence-corrected chi connectivity index (χ2v) is 6.94. The van der Waals surface area contributed by atoms with Gasteiger partial charge in [0.05, 0.1) is 17.6 Å². The summed E-state index contributed by atoms with van der Waals surface area (Å²) in [7, 11) is 1.61. The Bertz CT molecular complexity index is 1180. The number of benzene rings is 3. The second-order valence-electron chi connectivity index (χ2n) is 6.94. The fourth-order valence-corrected chi connectivity index (χ4v) is 3.35. The highest BCUT2D eigenvalue weighted by Gasteiger charge is 2.18. The Labute approximate surface area is 178 Å². The van der Waals surface area contributed by atoms with E-state index in [0.717, 1.165) is 40.5 Å². The summed E-state index contributed by atoms with van der Waals surface area (Å²) in [5.41, 5.74) is 2.71. The minimum Gasteiger partial charge on any atom is -0.494 e. The van der Waals surface area contributed by atoms with Crippen molar-refractivity contribution in [2.24, 2.45) is 0 Å². The van der Waals surface area contributed by atoms with Crippen LogP contribution in [0.5, 0.6) is 11.5 Å². The zero-order valence-electron chi connectivity index (χ0n) is 17.2. The maximum Gasteiger partial charge on any atom is 0.141 e. The number of hydrogen-bond donors (Lipinski definition) is 1. The van der Waals surface area contributed by atoms with Crippen LogP contribution in [0.4, 0.5) is 8.78 Å². The molecular formula is C24H22F2N2O3. The lowest BCUT2D eigenvalue weighted by Gasteiger charge is -2.14. The molecule has 0 saturated heterocycles. The van der Waals surface area contributed by atoms with Crippen LogP contribution in [0.3, 0.4) is 0 Å². The fraction of sp³-hybridized carbons (Fsp3) is 0.208. The van der Waals surface area contributed by atoms with E-state index in [2.05, 4.69) is 9.97 Å². The molecule has 1 heterocycles. The van der Waals surface area contributed by atoms with Crippen LogP contribution in [0, 0.1) is 11.6 Å². The van der Waals surface area contributed by atoms with Crippen LogP contribution in [0.1, 0.15) is 30.0 Å². The van der Waals surface area contributed by atoms with E-state index in [1.807, 2.05) is 37.3 Å². The molecule has 1 atom stereocenters. The third-order valence-corrected chi connectivity index (χ3v) is 4.85. The number of nitrogens with one attached hydrogen (secondary N) is 1. The Morgan fingerprint density at radius 2 is 1.71 bits per heavy atom. The SMILES string of the molecule is CCOc1ccc2[nH]c(C(OC)c3ccc(OCc4cc(F)ccc4F)cc3)nc2c1. The lowest BCUT2D eigenvalue weighted by Crippen LogP contribution is -2.06. The molecule has 160 valence electrons. The molecule has 0 spiro atoms. The van der Waals surface area contributed by atoms with E-state index in [1.54, 1.807) is 19.2 Å². The number of aromatic amines is 1. The van der Waals surface area contributed by atoms with Gasteiger partial charge in [0.15, 0.2) is 0 Å². The van der Waals surface area contributed by atoms with Crippen LogP contribution in [0.2, 0.25) is 0 Å². The maximum atomic E-state index is 13.8. The Morgan fingerprint density at radius 1 is 0.935 bits per heavy atom. The highest BCUT2D eigenvalue weighted by molar-refractivity contribution is 5.77. The summed E-state index contributed by atoms with van der Waals surface area (Å²) in [6.45, 7) is 2.45. The fourth-order valence-electron chi connectivity index (χ4n) is 3.35. The summed E-state index contributed by atoms with van der Waals surface area (Å²) in [4.78, 5) is 7.94. The number of imidazole rings is 1. The Balaban J connectivity index is 1.50. The second kappa shape index (κ2) is 9.14. The van der Waals surface area contributed by atoms with Crippen LogP contribution in [0.25, 0.3) is 11.0 Å². The highest BCUT2D eigenvalue weighted by atomic mass is 19.1. The third kappa shape index (κ3) is 4.67. The van der Waals surface area contributed by atoms with Gasteiger partial charge in [0.25, 0.3) is 0 Å². The number of hydrogen-bond acceptors (Lipinski definition) is 4. The predicted molar refractivity (Wildman–Crippen MR) is 113 cm³/mol. The largest absolute Gasteiger partial charge is 0.494 e. The van der Waals surface area contributed by atoms with Gasteiger partial charge >= 0.3 is 0 Å². The first-order valence-corrected chi connectivity index (χ1v) is 9.89. The van der Waals surface area contributed by atoms with Crippen molar-refractivity contribution in [2.75, 3.05) is 13.7 Å². The predicted octanol–water partition coefficient (Wildman–Crippen LogP) is 5.55. The van der Waals surface area contributed by atoms with Gasteiger partial charge in [0.2, 0.25) is 0 Å². The number of halogens is 2. The summed E-state index contributed by atoms with van der Waals surface area (Å²) < 4.78 is 43.9. The molecule has 1 aromatic heterocycles. The van der Waals surface area contributed by atoms with Gasteiger partial charge in [-0.1, -0.05) is 12.1 Å². The molecule has 4 rings (SSSR count). The Kier molecular flexibility index (Phi) is 6.13. The summed E-state index contributed by atoms with van der Waals surface area (Å²) in [6.07, 6.45) is -0.405. The van der Waals surface area contributed by atoms with Crippen molar-refractivity contribution in [1.29, 1.82) is 0 Å². The molecule has 0 bridgehead atoms. The topological polar surface area (TPSA) is 56.4 Å². The normalized spacial score (nSPS) is 12.1. The molecule has 1 N–H and O–H groups in total. The first-order valence-electron chi connectivity index (χ1n) is 9.89. The molecule has 3 aromatic carbocycles. The van der Waals surface area contributed by atoms with Crippen LogP contribution >= 0.6 is 0 Å². The molecule has 4 aromatic rings. The first kappa shape index (κ1) is 20.8. The third-order valence-electron chi connectivity index (χ3n) is 4.85. The van der Waals surface area contributed by atoms with Crippen molar-refractivity contribution in [2.45, 2.75) is 19.6 Å². The van der Waals surface area contributed by atoms with Crippen molar-refractivity contribution in [3.8, 4) is 11.5 Å². The lowest BCUT2D eigenvalue weighted by molar-refractivity contribution is 0.130. The number of rotatable bonds is 8. The Hall–Kier alpha value is -3.45. The number of nitrogens with zero attached hydrogens (tertiary/aromatic N) is 1. The molecule has 0 aliphatic rings. The van der Waals surface area contributed by atoms with Gasteiger partial charge in [-0.3, -0.25) is 0 Å². The van der Waals surface area contributed by atoms with E-state index >= 15 is 0 Å². The summed E-state index contributed by atoms with van der Waals surface area (Å²) in [5, 5.41) is 0. The summed E-state index contributed by atoms with van der Waals surface area (Å²) in [6, 6.07) is 16.2. The summed E-state index contributed by atoms with van der Waals surface area (Å²) in [5.74, 6) is 0.959. The van der Waals surface area contributed by atoms with Gasteiger partial charge in [0, 0.05) is 18.7 Å². The van der Waals surface area contributed by atoms with Crippen molar-refractivity contribution in [3.05, 3.63) is 89.2 Å². The molecule has 1 unspecified atom stereocenters. The molecule has 0 amide bonds. The zero-order chi connectivity index (χ0) is 21.8. The van der Waals surface area contributed by atoms with E-state index in [4.69, 9.17) is 14.2 Å². The van der Waals surface area contributed by atoms with E-state index in [-0.39, 0.29) is 12.2 Å². The van der Waals surface area contributed by atoms with Crippen LogP contribution in [-0.2, 0) is 11.3 Å². The smallest absolute Gasteiger partial charge is 0.141 e. The minimum absolute atomic E-state index is 0.0671. The number of ether oxygens (including phenoxy) is 3. The standard InChI is InChI=1S/C24H22F2N2O3/c1-3-30-19-9-11-21-22(13-19)28-24(27-21)23(29-2)15-4-7-18(8-5-15)31-14-16-12-17(25)6-10-20(16)26/h4-13,23H,3,14H2,1-2H3,(H,27,28). The van der Waals surface area contributed by atoms with Gasteiger partial charge in [-0.25, -0.2) is 13.8 Å². The Morgan fingerprint density at radius 3 is 2.45 bits per heavy atom. The minimum atomic E-state index is -0.505. The highest BCUT2D eigenvalue weighted by Crippen LogP contribution is 2.28. The molecule has 0 aliphatic carbocycles. The monoisotopic (exact) mass is 424 g/mol. The number of methoxy groups -OCH3 is 1. The van der Waals surface area contributed by atoms with Crippen molar-refractivity contribution < 1.29 is 23.0 Å². The van der Waals surface area contributed by atoms with Crippen LogP contribution in [-0.4, -0.2) is 23.7 Å². The van der Waals surface area contributed by atoms with Gasteiger partial charge in [-0.2, -0.15) is 0 Å². The van der Waals surface area contributed by atoms with E-state index in [9.17, 15) is 8.78 Å². The first-order chi connectivity index (χ1) is 15.1. The summed E-state index contributed by atoms with van der Waals surface area (Å²) >= 11 is 0. The number of aromatic nitrogens is 2. The zero-order valence-corrected chi connectivity index (χ0v) is 17.2. The molecule has 5 nitrogen and oxygen atoms in total. The van der Waals surface area contributed by atoms with E-state index < -0.39 is 17.7 Å². The van der Waals surface area contributed by atoms with Gasteiger partial charge < -0.3 is 19.2 Å². The van der Waals surface area contributed by atoms with Crippen LogP contribution < -0.4 is 9.47 Å². The van der Waals surface area contributed by atoms with Crippen molar-refractivity contribution in [3.63, 3.8) is 0 Å². The maximum absolute atomic E-state index is 13.8. The molecule has 0 fully saturated rings. The molecule has 0 radical (unpaired) electrons. The van der Waals surface area contributed by atoms with Gasteiger partial charge in [-0.15, -0.1) is 0 Å². The van der Waals surface area contributed by atoms with Crippen molar-refractivity contribution in [1.82, 2.24) is 9.97 Å². The van der Waals surface area contributed by atoms with E-state index in [1.165, 1.54) is 0 Å². The molecular weight excluding hydrogens is 402 g/mol. The molecule has 0 saturated carbocycles. The van der Waals surface area contributed by atoms with Crippen LogP contribution in [0.15, 0.2) is 60.7 Å². The number of fused-ring (bicyclic) bond motifs is 1. The van der Waals surface area contributed by atoms with E-state index in [0.29, 0.717) is 18.2 Å². The quantitative estimate of drug-likeness (QED) is 0.403. The van der Waals surface area contributed by atoms with Gasteiger partial charge in [-0.05, 0) is 55.0 Å². The average Bonchev–Trinajstić information content (AvgIpc) is 3.19. The average molecular weight is 424 g/mol. The molecule has 7 heteroatoms. The van der Waals surface area contributed by atoms with Gasteiger partial charge in [0.1, 0.15) is 41.7 Å². The lowest BCUT2D eigenvalue weighted by atomic mass is 10.1. The molecule has 0 aliphatic heterocycles. The number of H-pyrrole nitrogens is 1.